The number of nitrogens with two attached hydrogens (primary N) is 1. The van der Waals surface area contributed by atoms with E-state index in [0.717, 1.165) is 11.1 Å². The molecule has 2 amide bonds. The second kappa shape index (κ2) is 10.8. The number of hydrogen-bond donors (Lipinski definition) is 2. The van der Waals surface area contributed by atoms with Gasteiger partial charge in [-0.1, -0.05) is 42.5 Å². The maximum absolute atomic E-state index is 12.1. The Morgan fingerprint density at radius 3 is 2.12 bits per heavy atom. The van der Waals surface area contributed by atoms with E-state index in [1.165, 1.54) is 0 Å². The van der Waals surface area contributed by atoms with Crippen molar-refractivity contribution in [3.05, 3.63) is 65.7 Å². The molecule has 0 aliphatic rings. The van der Waals surface area contributed by atoms with Gasteiger partial charge in [0, 0.05) is 24.0 Å². The number of anilines is 1. The molecule has 0 radical (unpaired) electrons. The first-order valence-electron chi connectivity index (χ1n) is 7.86. The van der Waals surface area contributed by atoms with Crippen LogP contribution in [0.2, 0.25) is 0 Å². The van der Waals surface area contributed by atoms with Crippen molar-refractivity contribution in [3.8, 4) is 0 Å². The second-order valence-electron chi connectivity index (χ2n) is 5.80. The van der Waals surface area contributed by atoms with Crippen molar-refractivity contribution in [3.63, 3.8) is 0 Å². The summed E-state index contributed by atoms with van der Waals surface area (Å²) in [5, 5.41) is 14.0. The van der Waals surface area contributed by atoms with Crippen LogP contribution in [0.1, 0.15) is 17.5 Å². The Kier molecular flexibility index (Phi) is 9.05. The number of carbonyl (C=O) groups is 3. The van der Waals surface area contributed by atoms with Gasteiger partial charge in [-0.05, 0) is 29.7 Å². The van der Waals surface area contributed by atoms with Crippen LogP contribution >= 0.6 is 0 Å². The number of benzene rings is 2. The molecule has 0 spiro atoms. The molecule has 0 aliphatic carbocycles. The molecule has 0 aromatic heterocycles. The fraction of sp³-hybridized carbons (Fsp3) is 0.211. The fourth-order valence-corrected chi connectivity index (χ4v) is 2.48. The van der Waals surface area contributed by atoms with Gasteiger partial charge >= 0.3 is 29.6 Å². The van der Waals surface area contributed by atoms with Crippen LogP contribution < -0.4 is 45.7 Å². The summed E-state index contributed by atoms with van der Waals surface area (Å²) in [6, 6.07) is 15.7. The zero-order chi connectivity index (χ0) is 18.2. The van der Waals surface area contributed by atoms with Gasteiger partial charge < -0.3 is 21.0 Å². The van der Waals surface area contributed by atoms with Crippen molar-refractivity contribution in [2.75, 3.05) is 5.32 Å². The third-order valence-electron chi connectivity index (χ3n) is 3.71. The van der Waals surface area contributed by atoms with Crippen LogP contribution in [0.5, 0.6) is 0 Å². The van der Waals surface area contributed by atoms with Gasteiger partial charge in [0.05, 0.1) is 6.42 Å². The van der Waals surface area contributed by atoms with Crippen molar-refractivity contribution in [2.45, 2.75) is 19.3 Å². The number of rotatable bonds is 8. The smallest absolute Gasteiger partial charge is 0.550 e. The van der Waals surface area contributed by atoms with Crippen molar-refractivity contribution >= 4 is 23.5 Å². The molecule has 0 saturated carbocycles. The number of carbonyl (C=O) groups excluding carboxylic acids is 3. The fourth-order valence-electron chi connectivity index (χ4n) is 2.48. The first kappa shape index (κ1) is 21.9. The maximum atomic E-state index is 12.1. The van der Waals surface area contributed by atoms with Gasteiger partial charge in [0.25, 0.3) is 0 Å². The summed E-state index contributed by atoms with van der Waals surface area (Å²) in [6.07, 6.45) is 0.173. The van der Waals surface area contributed by atoms with Crippen molar-refractivity contribution in [1.29, 1.82) is 0 Å². The van der Waals surface area contributed by atoms with Crippen LogP contribution in [0.25, 0.3) is 0 Å². The molecule has 0 saturated heterocycles. The van der Waals surface area contributed by atoms with Crippen LogP contribution in [0.3, 0.4) is 0 Å². The number of carboxylic acids is 1. The van der Waals surface area contributed by atoms with Gasteiger partial charge in [0.1, 0.15) is 0 Å². The van der Waals surface area contributed by atoms with Crippen LogP contribution in [0.15, 0.2) is 54.6 Å². The minimum Gasteiger partial charge on any atom is -0.550 e. The standard InChI is InChI=1S/C19H20N2O4.Na/c20-17(22)11-14-6-8-16(9-7-14)21-18(23)12-15(19(24)25)10-13-4-2-1-3-5-13;/h1-9,15H,10-12H2,(H2,20,22)(H,21,23)(H,24,25);/q;+1/p-1. The van der Waals surface area contributed by atoms with E-state index in [1.807, 2.05) is 30.3 Å². The van der Waals surface area contributed by atoms with Gasteiger partial charge in [-0.25, -0.2) is 0 Å². The average Bonchev–Trinajstić information content (AvgIpc) is 2.56. The molecular weight excluding hydrogens is 343 g/mol. The Hall–Kier alpha value is -2.15. The van der Waals surface area contributed by atoms with E-state index in [9.17, 15) is 19.5 Å². The van der Waals surface area contributed by atoms with Crippen LogP contribution in [-0.2, 0) is 27.2 Å². The average molecular weight is 362 g/mol. The molecule has 26 heavy (non-hydrogen) atoms. The zero-order valence-corrected chi connectivity index (χ0v) is 16.6. The maximum Gasteiger partial charge on any atom is 1.00 e. The first-order valence-corrected chi connectivity index (χ1v) is 7.86. The predicted octanol–water partition coefficient (Wildman–Crippen LogP) is -2.34. The number of nitrogens with one attached hydrogen (secondary N) is 1. The second-order valence-corrected chi connectivity index (χ2v) is 5.80. The molecule has 0 heterocycles. The van der Waals surface area contributed by atoms with E-state index in [1.54, 1.807) is 24.3 Å². The van der Waals surface area contributed by atoms with E-state index in [0.29, 0.717) is 5.69 Å². The molecule has 130 valence electrons. The summed E-state index contributed by atoms with van der Waals surface area (Å²) in [7, 11) is 0. The van der Waals surface area contributed by atoms with Gasteiger partial charge in [0.15, 0.2) is 0 Å². The minimum atomic E-state index is -1.25. The van der Waals surface area contributed by atoms with E-state index >= 15 is 0 Å². The normalized spacial score (nSPS) is 11.1. The topological polar surface area (TPSA) is 112 Å². The molecule has 0 bridgehead atoms. The molecule has 1 unspecified atom stereocenters. The Balaban J connectivity index is 0.00000338. The summed E-state index contributed by atoms with van der Waals surface area (Å²) in [5.41, 5.74) is 7.21. The quantitative estimate of drug-likeness (QED) is 0.512. The van der Waals surface area contributed by atoms with Crippen molar-refractivity contribution < 1.29 is 49.0 Å². The minimum absolute atomic E-state index is 0. The summed E-state index contributed by atoms with van der Waals surface area (Å²) in [6.45, 7) is 0. The molecule has 2 aromatic carbocycles. The summed E-state index contributed by atoms with van der Waals surface area (Å²) < 4.78 is 0. The predicted molar refractivity (Wildman–Crippen MR) is 91.2 cm³/mol. The molecule has 0 aliphatic heterocycles. The molecule has 7 heteroatoms. The summed E-state index contributed by atoms with van der Waals surface area (Å²) >= 11 is 0. The first-order chi connectivity index (χ1) is 11.9. The molecule has 2 rings (SSSR count). The SMILES string of the molecule is NC(=O)Cc1ccc(NC(=O)CC(Cc2ccccc2)C(=O)[O-])cc1.[Na+]. The molecule has 6 nitrogen and oxygen atoms in total. The summed E-state index contributed by atoms with van der Waals surface area (Å²) in [4.78, 5) is 34.3. The number of carboxylic acid groups (broad SMARTS) is 1. The molecule has 0 fully saturated rings. The number of hydrogen-bond acceptors (Lipinski definition) is 4. The number of primary amides is 1. The Bertz CT molecular complexity index is 748. The number of aliphatic carboxylic acids is 1. The monoisotopic (exact) mass is 362 g/mol. The van der Waals surface area contributed by atoms with Crippen LogP contribution in [0, 0.1) is 5.92 Å². The third kappa shape index (κ3) is 7.39. The van der Waals surface area contributed by atoms with Gasteiger partial charge in [0.2, 0.25) is 11.8 Å². The molecule has 1 atom stereocenters. The van der Waals surface area contributed by atoms with Crippen molar-refractivity contribution in [1.82, 2.24) is 0 Å². The van der Waals surface area contributed by atoms with E-state index in [-0.39, 0.29) is 48.8 Å². The molecular formula is C19H19N2NaO4. The van der Waals surface area contributed by atoms with E-state index < -0.39 is 23.7 Å². The van der Waals surface area contributed by atoms with Gasteiger partial charge in [-0.15, -0.1) is 0 Å². The third-order valence-corrected chi connectivity index (χ3v) is 3.71. The Morgan fingerprint density at radius 2 is 1.58 bits per heavy atom. The molecule has 2 aromatic rings. The van der Waals surface area contributed by atoms with Crippen LogP contribution in [0.4, 0.5) is 5.69 Å². The number of amides is 2. The zero-order valence-electron chi connectivity index (χ0n) is 14.6. The summed E-state index contributed by atoms with van der Waals surface area (Å²) in [5.74, 6) is -3.00. The van der Waals surface area contributed by atoms with Gasteiger partial charge in [-0.2, -0.15) is 0 Å². The van der Waals surface area contributed by atoms with E-state index in [4.69, 9.17) is 5.73 Å². The van der Waals surface area contributed by atoms with Crippen molar-refractivity contribution in [2.24, 2.45) is 11.7 Å². The molecule has 3 N–H and O–H groups in total. The van der Waals surface area contributed by atoms with E-state index in [2.05, 4.69) is 5.32 Å². The Labute approximate surface area is 174 Å². The van der Waals surface area contributed by atoms with Gasteiger partial charge in [-0.3, -0.25) is 9.59 Å². The largest absolute Gasteiger partial charge is 1.00 e. The van der Waals surface area contributed by atoms with Crippen LogP contribution in [-0.4, -0.2) is 17.8 Å². The Morgan fingerprint density at radius 1 is 0.962 bits per heavy atom.